The van der Waals surface area contributed by atoms with Gasteiger partial charge in [-0.3, -0.25) is 14.5 Å². The van der Waals surface area contributed by atoms with Gasteiger partial charge in [0.05, 0.1) is 17.3 Å². The summed E-state index contributed by atoms with van der Waals surface area (Å²) in [4.78, 5) is 19.7. The Labute approximate surface area is 140 Å². The highest BCUT2D eigenvalue weighted by Crippen LogP contribution is 2.30. The molecule has 0 aliphatic heterocycles. The lowest BCUT2D eigenvalue weighted by Gasteiger charge is -2.19. The van der Waals surface area contributed by atoms with Crippen LogP contribution in [0.5, 0.6) is 0 Å². The van der Waals surface area contributed by atoms with Crippen molar-refractivity contribution >= 4 is 16.8 Å². The van der Waals surface area contributed by atoms with Crippen molar-refractivity contribution in [2.24, 2.45) is 7.05 Å². The molecule has 2 heterocycles. The van der Waals surface area contributed by atoms with E-state index in [1.807, 2.05) is 44.6 Å². The second-order valence-electron chi connectivity index (χ2n) is 6.47. The Morgan fingerprint density at radius 3 is 2.92 bits per heavy atom. The lowest BCUT2D eigenvalue weighted by Crippen LogP contribution is -2.27. The molecule has 0 radical (unpaired) electrons. The van der Waals surface area contributed by atoms with Crippen molar-refractivity contribution in [2.45, 2.75) is 25.8 Å². The lowest BCUT2D eigenvalue weighted by atomic mass is 10.00. The van der Waals surface area contributed by atoms with Gasteiger partial charge in [0.25, 0.3) is 5.91 Å². The molecule has 0 spiro atoms. The van der Waals surface area contributed by atoms with Gasteiger partial charge in [-0.25, -0.2) is 0 Å². The van der Waals surface area contributed by atoms with E-state index in [0.717, 1.165) is 52.5 Å². The third kappa shape index (κ3) is 2.46. The minimum Gasteiger partial charge on any atom is -0.337 e. The molecule has 3 aromatic rings. The second-order valence-corrected chi connectivity index (χ2v) is 6.47. The van der Waals surface area contributed by atoms with Crippen LogP contribution in [0.2, 0.25) is 0 Å². The fraction of sp³-hybridized carbons (Fsp3) is 0.316. The average molecular weight is 320 g/mol. The molecule has 0 N–H and O–H groups in total. The van der Waals surface area contributed by atoms with Crippen LogP contribution in [0, 0.1) is 0 Å². The Bertz CT molecular complexity index is 928. The van der Waals surface area contributed by atoms with Gasteiger partial charge >= 0.3 is 0 Å². The number of hydrogen-bond donors (Lipinski definition) is 0. The van der Waals surface area contributed by atoms with Crippen molar-refractivity contribution in [2.75, 3.05) is 7.05 Å². The fourth-order valence-corrected chi connectivity index (χ4v) is 3.55. The highest BCUT2D eigenvalue weighted by Gasteiger charge is 2.25. The summed E-state index contributed by atoms with van der Waals surface area (Å²) in [5.74, 6) is 0.0654. The van der Waals surface area contributed by atoms with Crippen molar-refractivity contribution in [1.82, 2.24) is 19.7 Å². The van der Waals surface area contributed by atoms with E-state index in [1.54, 1.807) is 15.8 Å². The van der Waals surface area contributed by atoms with Crippen molar-refractivity contribution in [3.8, 4) is 0 Å². The van der Waals surface area contributed by atoms with Gasteiger partial charge in [0, 0.05) is 43.5 Å². The Morgan fingerprint density at radius 2 is 2.12 bits per heavy atom. The number of amides is 1. The molecule has 2 aromatic heterocycles. The van der Waals surface area contributed by atoms with Crippen molar-refractivity contribution in [1.29, 1.82) is 0 Å². The van der Waals surface area contributed by atoms with Crippen LogP contribution in [0.4, 0.5) is 0 Å². The number of para-hydroxylation sites is 1. The number of carbonyl (C=O) groups excluding carboxylic acids is 1. The molecule has 5 heteroatoms. The number of fused-ring (bicyclic) bond motifs is 2. The zero-order valence-corrected chi connectivity index (χ0v) is 14.0. The molecule has 0 saturated heterocycles. The topological polar surface area (TPSA) is 51.0 Å². The first-order valence-electron chi connectivity index (χ1n) is 8.27. The van der Waals surface area contributed by atoms with Crippen LogP contribution in [0.25, 0.3) is 10.9 Å². The molecular formula is C19H20N4O. The maximum Gasteiger partial charge on any atom is 0.254 e. The fourth-order valence-electron chi connectivity index (χ4n) is 3.55. The summed E-state index contributed by atoms with van der Waals surface area (Å²) in [6.45, 7) is 0.554. The third-order valence-electron chi connectivity index (χ3n) is 4.66. The van der Waals surface area contributed by atoms with Gasteiger partial charge in [-0.05, 0) is 30.9 Å². The largest absolute Gasteiger partial charge is 0.337 e. The highest BCUT2D eigenvalue weighted by molar-refractivity contribution is 6.07. The standard InChI is InChI=1S/C19H20N4O/c1-22(11-13-10-20-23(2)12-13)19(24)18-14-6-3-4-8-16(14)21-17-9-5-7-15(17)18/h3-4,6,8,10,12H,5,7,9,11H2,1-2H3. The molecule has 24 heavy (non-hydrogen) atoms. The van der Waals surface area contributed by atoms with E-state index in [9.17, 15) is 4.79 Å². The number of rotatable bonds is 3. The van der Waals surface area contributed by atoms with Crippen molar-refractivity contribution < 1.29 is 4.79 Å². The Kier molecular flexibility index (Phi) is 3.56. The van der Waals surface area contributed by atoms with Crippen molar-refractivity contribution in [3.63, 3.8) is 0 Å². The van der Waals surface area contributed by atoms with Crippen LogP contribution in [0.15, 0.2) is 36.7 Å². The van der Waals surface area contributed by atoms with Crippen LogP contribution in [0.1, 0.15) is 33.6 Å². The average Bonchev–Trinajstić information content (AvgIpc) is 3.20. The van der Waals surface area contributed by atoms with Crippen LogP contribution >= 0.6 is 0 Å². The molecule has 0 atom stereocenters. The second kappa shape index (κ2) is 5.74. The quantitative estimate of drug-likeness (QED) is 0.745. The van der Waals surface area contributed by atoms with Gasteiger partial charge in [0.2, 0.25) is 0 Å². The molecule has 1 aliphatic carbocycles. The molecule has 1 aliphatic rings. The summed E-state index contributed by atoms with van der Waals surface area (Å²) in [6.07, 6.45) is 6.73. The molecule has 1 aromatic carbocycles. The van der Waals surface area contributed by atoms with E-state index in [-0.39, 0.29) is 5.91 Å². The van der Waals surface area contributed by atoms with Gasteiger partial charge in [0.1, 0.15) is 0 Å². The summed E-state index contributed by atoms with van der Waals surface area (Å²) in [6, 6.07) is 7.95. The van der Waals surface area contributed by atoms with Crippen molar-refractivity contribution in [3.05, 3.63) is 59.0 Å². The summed E-state index contributed by atoms with van der Waals surface area (Å²) in [5.41, 5.74) is 5.00. The number of aryl methyl sites for hydroxylation is 2. The number of benzene rings is 1. The van der Waals surface area contributed by atoms with E-state index < -0.39 is 0 Å². The molecular weight excluding hydrogens is 300 g/mol. The van der Waals surface area contributed by atoms with Crippen LogP contribution in [0.3, 0.4) is 0 Å². The number of hydrogen-bond acceptors (Lipinski definition) is 3. The Balaban J connectivity index is 1.76. The number of pyridine rings is 1. The summed E-state index contributed by atoms with van der Waals surface area (Å²) in [7, 11) is 3.74. The summed E-state index contributed by atoms with van der Waals surface area (Å²) >= 11 is 0. The van der Waals surface area contributed by atoms with Gasteiger partial charge in [-0.1, -0.05) is 18.2 Å². The van der Waals surface area contributed by atoms with Gasteiger partial charge < -0.3 is 4.90 Å². The first kappa shape index (κ1) is 14.9. The SMILES string of the molecule is CN(Cc1cnn(C)c1)C(=O)c1c2c(nc3ccccc13)CCC2. The third-order valence-corrected chi connectivity index (χ3v) is 4.66. The van der Waals surface area contributed by atoms with Crippen LogP contribution in [-0.4, -0.2) is 32.6 Å². The summed E-state index contributed by atoms with van der Waals surface area (Å²) < 4.78 is 1.76. The first-order chi connectivity index (χ1) is 11.6. The predicted octanol–water partition coefficient (Wildman–Crippen LogP) is 2.73. The van der Waals surface area contributed by atoms with Crippen LogP contribution < -0.4 is 0 Å². The van der Waals surface area contributed by atoms with Gasteiger partial charge in [-0.2, -0.15) is 5.10 Å². The smallest absolute Gasteiger partial charge is 0.254 e. The monoisotopic (exact) mass is 320 g/mol. The van der Waals surface area contributed by atoms with E-state index >= 15 is 0 Å². The Morgan fingerprint density at radius 1 is 1.29 bits per heavy atom. The minimum atomic E-state index is 0.0654. The first-order valence-corrected chi connectivity index (χ1v) is 8.27. The zero-order valence-electron chi connectivity index (χ0n) is 14.0. The number of aromatic nitrogens is 3. The highest BCUT2D eigenvalue weighted by atomic mass is 16.2. The molecule has 0 fully saturated rings. The van der Waals surface area contributed by atoms with Gasteiger partial charge in [-0.15, -0.1) is 0 Å². The van der Waals surface area contributed by atoms with E-state index in [1.165, 1.54) is 0 Å². The molecule has 1 amide bonds. The number of carbonyl (C=O) groups is 1. The lowest BCUT2D eigenvalue weighted by molar-refractivity contribution is 0.0786. The van der Waals surface area contributed by atoms with E-state index in [0.29, 0.717) is 6.54 Å². The minimum absolute atomic E-state index is 0.0654. The van der Waals surface area contributed by atoms with Crippen LogP contribution in [-0.2, 0) is 26.4 Å². The zero-order chi connectivity index (χ0) is 16.7. The normalized spacial score (nSPS) is 13.2. The van der Waals surface area contributed by atoms with E-state index in [2.05, 4.69) is 5.10 Å². The Hall–Kier alpha value is -2.69. The maximum atomic E-state index is 13.2. The molecule has 0 saturated carbocycles. The molecule has 4 rings (SSSR count). The van der Waals surface area contributed by atoms with E-state index in [4.69, 9.17) is 4.98 Å². The molecule has 0 unspecified atom stereocenters. The predicted molar refractivity (Wildman–Crippen MR) is 92.8 cm³/mol. The molecule has 122 valence electrons. The molecule has 0 bridgehead atoms. The number of nitrogens with zero attached hydrogens (tertiary/aromatic N) is 4. The summed E-state index contributed by atoms with van der Waals surface area (Å²) in [5, 5.41) is 5.14. The molecule has 5 nitrogen and oxygen atoms in total. The maximum absolute atomic E-state index is 13.2. The van der Waals surface area contributed by atoms with Gasteiger partial charge in [0.15, 0.2) is 0 Å².